The quantitative estimate of drug-likeness (QED) is 0.143. The van der Waals surface area contributed by atoms with Crippen molar-refractivity contribution in [2.75, 3.05) is 0 Å². The molecule has 208 valence electrons. The van der Waals surface area contributed by atoms with E-state index in [2.05, 4.69) is 5.43 Å². The summed E-state index contributed by atoms with van der Waals surface area (Å²) < 4.78 is 1.84. The van der Waals surface area contributed by atoms with E-state index in [1.54, 1.807) is 12.1 Å². The zero-order valence-electron chi connectivity index (χ0n) is 21.7. The van der Waals surface area contributed by atoms with E-state index < -0.39 is 27.0 Å². The first kappa shape index (κ1) is 26.7. The van der Waals surface area contributed by atoms with Crippen LogP contribution in [0.1, 0.15) is 16.5 Å². The maximum absolute atomic E-state index is 13.7. The smallest absolute Gasteiger partial charge is 0.280 e. The second kappa shape index (κ2) is 10.8. The minimum atomic E-state index is -0.991. The van der Waals surface area contributed by atoms with Gasteiger partial charge >= 0.3 is 0 Å². The Kier molecular flexibility index (Phi) is 6.88. The van der Waals surface area contributed by atoms with Gasteiger partial charge in [0, 0.05) is 33.9 Å². The first-order chi connectivity index (χ1) is 20.3. The molecule has 1 aliphatic heterocycles. The summed E-state index contributed by atoms with van der Waals surface area (Å²) in [7, 11) is 0. The molecule has 1 unspecified atom stereocenters. The molecular weight excluding hydrogens is 558 g/mol. The number of para-hydroxylation sites is 4. The van der Waals surface area contributed by atoms with Crippen LogP contribution < -0.4 is 5.43 Å². The highest BCUT2D eigenvalue weighted by atomic mass is 32.2. The Hall–Kier alpha value is -5.49. The van der Waals surface area contributed by atoms with Gasteiger partial charge in [0.1, 0.15) is 11.9 Å². The Balaban J connectivity index is 1.38. The summed E-state index contributed by atoms with van der Waals surface area (Å²) in [6.45, 7) is -0.130. The van der Waals surface area contributed by atoms with Crippen LogP contribution in [0.15, 0.2) is 102 Å². The lowest BCUT2D eigenvalue weighted by molar-refractivity contribution is -0.385. The predicted molar refractivity (Wildman–Crippen MR) is 159 cm³/mol. The molecule has 0 aliphatic carbocycles. The van der Waals surface area contributed by atoms with Crippen LogP contribution in [0.2, 0.25) is 0 Å². The number of thioether (sulfide) groups is 1. The topological polar surface area (TPSA) is 141 Å². The van der Waals surface area contributed by atoms with Crippen LogP contribution >= 0.6 is 11.8 Å². The Morgan fingerprint density at radius 3 is 2.00 bits per heavy atom. The van der Waals surface area contributed by atoms with E-state index in [1.165, 1.54) is 42.5 Å². The third kappa shape index (κ3) is 4.73. The van der Waals surface area contributed by atoms with Crippen molar-refractivity contribution < 1.29 is 19.4 Å². The molecule has 1 saturated heterocycles. The normalized spacial score (nSPS) is 15.9. The highest BCUT2D eigenvalue weighted by Gasteiger charge is 2.41. The fraction of sp³-hybridized carbons (Fsp3) is 0.0667. The monoisotopic (exact) mass is 579 g/mol. The average molecular weight is 580 g/mol. The fourth-order valence-corrected chi connectivity index (χ4v) is 6.34. The van der Waals surface area contributed by atoms with Crippen LogP contribution in [0.5, 0.6) is 0 Å². The molecule has 1 aliphatic rings. The Bertz CT molecular complexity index is 1900. The Labute approximate surface area is 242 Å². The van der Waals surface area contributed by atoms with Crippen molar-refractivity contribution in [3.8, 4) is 0 Å². The molecule has 0 bridgehead atoms. The predicted octanol–water partition coefficient (Wildman–Crippen LogP) is 5.96. The first-order valence-electron chi connectivity index (χ1n) is 12.8. The lowest BCUT2D eigenvalue weighted by Crippen LogP contribution is -2.45. The molecule has 11 nitrogen and oxygen atoms in total. The number of hydrogen-bond acceptors (Lipinski definition) is 7. The highest BCUT2D eigenvalue weighted by Crippen LogP contribution is 2.48. The molecule has 1 N–H and O–H groups in total. The second-order valence-electron chi connectivity index (χ2n) is 9.44. The van der Waals surface area contributed by atoms with Gasteiger partial charge in [-0.05, 0) is 30.3 Å². The number of aromatic nitrogens is 1. The number of nitrogens with one attached hydrogen (secondary N) is 1. The minimum Gasteiger partial charge on any atom is -0.331 e. The number of benzene rings is 4. The molecule has 5 aromatic rings. The van der Waals surface area contributed by atoms with E-state index in [0.29, 0.717) is 0 Å². The van der Waals surface area contributed by atoms with Gasteiger partial charge in [0.15, 0.2) is 0 Å². The number of nitro benzene ring substituents is 2. The van der Waals surface area contributed by atoms with Crippen molar-refractivity contribution in [1.82, 2.24) is 15.0 Å². The lowest BCUT2D eigenvalue weighted by Gasteiger charge is -2.24. The van der Waals surface area contributed by atoms with Gasteiger partial charge in [-0.25, -0.2) is 5.01 Å². The molecule has 1 fully saturated rings. The summed E-state index contributed by atoms with van der Waals surface area (Å²) >= 11 is 0.971. The standard InChI is InChI=1S/C30H21N5O6S/c36-28(18-32-24-14-6-2-10-20(24)21-11-3-7-15-25(21)32)31-33-29(37)27(17-19-9-1-5-13-23(19)34(38)39)42-30(33)22-12-4-8-16-26(22)35(40)41/h1-17,30H,18H2,(H,31,36)/b27-17+. The summed E-state index contributed by atoms with van der Waals surface area (Å²) in [5, 5.41) is 25.4. The second-order valence-corrected chi connectivity index (χ2v) is 10.6. The van der Waals surface area contributed by atoms with Crippen LogP contribution in [0.3, 0.4) is 0 Å². The largest absolute Gasteiger partial charge is 0.331 e. The van der Waals surface area contributed by atoms with E-state index in [1.807, 2.05) is 53.1 Å². The Morgan fingerprint density at radius 2 is 1.36 bits per heavy atom. The molecule has 1 atom stereocenters. The molecule has 12 heteroatoms. The van der Waals surface area contributed by atoms with Gasteiger partial charge in [0.2, 0.25) is 0 Å². The van der Waals surface area contributed by atoms with Crippen molar-refractivity contribution in [2.24, 2.45) is 0 Å². The number of hydrazine groups is 1. The lowest BCUT2D eigenvalue weighted by atomic mass is 10.1. The van der Waals surface area contributed by atoms with Crippen molar-refractivity contribution in [3.63, 3.8) is 0 Å². The molecule has 42 heavy (non-hydrogen) atoms. The number of rotatable bonds is 7. The van der Waals surface area contributed by atoms with Crippen LogP contribution in [-0.2, 0) is 16.1 Å². The molecule has 2 amide bonds. The van der Waals surface area contributed by atoms with Crippen LogP contribution in [0, 0.1) is 20.2 Å². The molecule has 4 aromatic carbocycles. The average Bonchev–Trinajstić information content (AvgIpc) is 3.47. The molecule has 1 aromatic heterocycles. The fourth-order valence-electron chi connectivity index (χ4n) is 5.12. The van der Waals surface area contributed by atoms with Gasteiger partial charge in [0.05, 0.1) is 25.9 Å². The van der Waals surface area contributed by atoms with E-state index in [0.717, 1.165) is 38.6 Å². The van der Waals surface area contributed by atoms with Crippen molar-refractivity contribution in [1.29, 1.82) is 0 Å². The minimum absolute atomic E-state index is 0.0876. The van der Waals surface area contributed by atoms with Crippen molar-refractivity contribution in [2.45, 2.75) is 11.9 Å². The first-order valence-corrected chi connectivity index (χ1v) is 13.7. The third-order valence-electron chi connectivity index (χ3n) is 6.95. The van der Waals surface area contributed by atoms with E-state index >= 15 is 0 Å². The van der Waals surface area contributed by atoms with Crippen molar-refractivity contribution >= 4 is 62.8 Å². The summed E-state index contributed by atoms with van der Waals surface area (Å²) in [6.07, 6.45) is 1.37. The summed E-state index contributed by atoms with van der Waals surface area (Å²) in [5.41, 5.74) is 4.31. The molecule has 0 saturated carbocycles. The maximum atomic E-state index is 13.7. The number of carbonyl (C=O) groups excluding carboxylic acids is 2. The van der Waals surface area contributed by atoms with Crippen LogP contribution in [-0.4, -0.2) is 31.2 Å². The molecule has 0 radical (unpaired) electrons. The number of amides is 2. The number of hydrogen-bond donors (Lipinski definition) is 1. The van der Waals surface area contributed by atoms with Crippen molar-refractivity contribution in [3.05, 3.63) is 133 Å². The van der Waals surface area contributed by atoms with Gasteiger partial charge < -0.3 is 4.57 Å². The van der Waals surface area contributed by atoms with Gasteiger partial charge in [-0.3, -0.25) is 35.2 Å². The summed E-state index contributed by atoms with van der Waals surface area (Å²) in [6, 6.07) is 27.2. The Morgan fingerprint density at radius 1 is 0.810 bits per heavy atom. The number of nitrogens with zero attached hydrogens (tertiary/aromatic N) is 4. The van der Waals surface area contributed by atoms with Crippen LogP contribution in [0.4, 0.5) is 11.4 Å². The summed E-state index contributed by atoms with van der Waals surface area (Å²) in [4.78, 5) is 49.6. The summed E-state index contributed by atoms with van der Waals surface area (Å²) in [5.74, 6) is -1.16. The number of fused-ring (bicyclic) bond motifs is 3. The van der Waals surface area contributed by atoms with E-state index in [9.17, 15) is 29.8 Å². The van der Waals surface area contributed by atoms with Crippen LogP contribution in [0.25, 0.3) is 27.9 Å². The van der Waals surface area contributed by atoms with Gasteiger partial charge in [-0.2, -0.15) is 0 Å². The SMILES string of the molecule is O=C(Cn1c2ccccc2c2ccccc21)NN1C(=O)/C(=C\c2ccccc2[N+](=O)[O-])SC1c1ccccc1[N+](=O)[O-]. The number of carbonyl (C=O) groups is 2. The number of nitro groups is 2. The van der Waals surface area contributed by atoms with E-state index in [-0.39, 0.29) is 34.0 Å². The zero-order chi connectivity index (χ0) is 29.4. The molecule has 6 rings (SSSR count). The molecular formula is C30H21N5O6S. The maximum Gasteiger partial charge on any atom is 0.280 e. The molecule has 2 heterocycles. The highest BCUT2D eigenvalue weighted by molar-refractivity contribution is 8.04. The molecule has 0 spiro atoms. The van der Waals surface area contributed by atoms with Gasteiger partial charge in [-0.15, -0.1) is 0 Å². The zero-order valence-corrected chi connectivity index (χ0v) is 22.6. The third-order valence-corrected chi connectivity index (χ3v) is 8.18. The van der Waals surface area contributed by atoms with E-state index in [4.69, 9.17) is 0 Å². The van der Waals surface area contributed by atoms with Gasteiger partial charge in [-0.1, -0.05) is 72.4 Å². The van der Waals surface area contributed by atoms with Gasteiger partial charge in [0.25, 0.3) is 23.2 Å².